The first-order valence-corrected chi connectivity index (χ1v) is 8.40. The van der Waals surface area contributed by atoms with Gasteiger partial charge in [-0.1, -0.05) is 67.6 Å². The average Bonchev–Trinajstić information content (AvgIpc) is 2.59. The molecule has 3 rings (SSSR count). The summed E-state index contributed by atoms with van der Waals surface area (Å²) < 4.78 is 0. The number of benzene rings is 2. The first-order valence-electron chi connectivity index (χ1n) is 8.40. The summed E-state index contributed by atoms with van der Waals surface area (Å²) in [6, 6.07) is 21.4. The van der Waals surface area contributed by atoms with Crippen LogP contribution in [0.25, 0.3) is 0 Å². The summed E-state index contributed by atoms with van der Waals surface area (Å²) in [4.78, 5) is 23.5. The van der Waals surface area contributed by atoms with Crippen LogP contribution in [-0.4, -0.2) is 29.6 Å². The van der Waals surface area contributed by atoms with Crippen LogP contribution in [0.2, 0.25) is 0 Å². The number of likely N-dealkylation sites (tertiary alicyclic amines) is 1. The number of hydrogen-bond donors (Lipinski definition) is 0. The van der Waals surface area contributed by atoms with E-state index in [1.165, 1.54) is 18.1 Å². The highest BCUT2D eigenvalue weighted by Crippen LogP contribution is 2.38. The normalized spacial score (nSPS) is 20.6. The number of carbonyl (C=O) groups excluding carboxylic acids is 1. The minimum absolute atomic E-state index is 0.0752. The van der Waals surface area contributed by atoms with Crippen molar-refractivity contribution in [3.05, 3.63) is 71.8 Å². The van der Waals surface area contributed by atoms with Crippen molar-refractivity contribution in [1.82, 2.24) is 4.90 Å². The van der Waals surface area contributed by atoms with Crippen LogP contribution in [0.15, 0.2) is 60.7 Å². The maximum atomic E-state index is 11.0. The Kier molecular flexibility index (Phi) is 5.28. The lowest BCUT2D eigenvalue weighted by molar-refractivity contribution is -0.330. The van der Waals surface area contributed by atoms with E-state index in [9.17, 15) is 4.79 Å². The molecular weight excluding hydrogens is 302 g/mol. The SMILES string of the molecule is CCC1C(OOC(C)=O)CN1C(c1ccccc1)c1ccccc1. The second-order valence-corrected chi connectivity index (χ2v) is 6.11. The maximum Gasteiger partial charge on any atom is 0.339 e. The van der Waals surface area contributed by atoms with Crippen LogP contribution in [0, 0.1) is 0 Å². The van der Waals surface area contributed by atoms with Crippen LogP contribution in [0.4, 0.5) is 0 Å². The first kappa shape index (κ1) is 16.7. The number of rotatable bonds is 6. The summed E-state index contributed by atoms with van der Waals surface area (Å²) in [7, 11) is 0. The molecule has 0 aliphatic carbocycles. The van der Waals surface area contributed by atoms with Crippen LogP contribution < -0.4 is 0 Å². The Morgan fingerprint density at radius 2 is 1.62 bits per heavy atom. The number of hydrogen-bond acceptors (Lipinski definition) is 4. The van der Waals surface area contributed by atoms with Gasteiger partial charge in [0.05, 0.1) is 6.04 Å². The molecule has 1 aliphatic heterocycles. The van der Waals surface area contributed by atoms with Gasteiger partial charge < -0.3 is 0 Å². The average molecular weight is 325 g/mol. The van der Waals surface area contributed by atoms with E-state index in [1.54, 1.807) is 0 Å². The lowest BCUT2D eigenvalue weighted by Gasteiger charge is -2.50. The third-order valence-electron chi connectivity index (χ3n) is 4.52. The Labute approximate surface area is 142 Å². The molecule has 0 N–H and O–H groups in total. The molecule has 1 heterocycles. The second-order valence-electron chi connectivity index (χ2n) is 6.11. The molecule has 4 nitrogen and oxygen atoms in total. The van der Waals surface area contributed by atoms with Crippen LogP contribution >= 0.6 is 0 Å². The van der Waals surface area contributed by atoms with Crippen molar-refractivity contribution in [3.8, 4) is 0 Å². The number of carbonyl (C=O) groups is 1. The molecule has 1 aliphatic rings. The standard InChI is InChI=1S/C20H23NO3/c1-3-18-19(24-23-15(2)22)14-21(18)20(16-10-6-4-7-11-16)17-12-8-5-9-13-17/h4-13,18-20H,3,14H2,1-2H3. The van der Waals surface area contributed by atoms with Crippen molar-refractivity contribution in [3.63, 3.8) is 0 Å². The van der Waals surface area contributed by atoms with Crippen molar-refractivity contribution >= 4 is 5.97 Å². The van der Waals surface area contributed by atoms with Crippen LogP contribution in [0.5, 0.6) is 0 Å². The van der Waals surface area contributed by atoms with Gasteiger partial charge in [-0.05, 0) is 17.5 Å². The molecule has 0 amide bonds. The quantitative estimate of drug-likeness (QED) is 0.599. The minimum atomic E-state index is -0.411. The highest BCUT2D eigenvalue weighted by atomic mass is 17.2. The Balaban J connectivity index is 1.83. The highest BCUT2D eigenvalue weighted by Gasteiger charge is 2.44. The van der Waals surface area contributed by atoms with Crippen LogP contribution in [0.3, 0.4) is 0 Å². The van der Waals surface area contributed by atoms with E-state index < -0.39 is 5.97 Å². The lowest BCUT2D eigenvalue weighted by Crippen LogP contribution is -2.61. The smallest absolute Gasteiger partial charge is 0.298 e. The predicted octanol–water partition coefficient (Wildman–Crippen LogP) is 3.73. The van der Waals surface area contributed by atoms with Crippen LogP contribution in [0.1, 0.15) is 37.4 Å². The molecular formula is C20H23NO3. The molecule has 2 unspecified atom stereocenters. The molecule has 1 saturated heterocycles. The van der Waals surface area contributed by atoms with Gasteiger partial charge in [0, 0.05) is 19.5 Å². The zero-order valence-electron chi connectivity index (χ0n) is 14.1. The first-order chi connectivity index (χ1) is 11.7. The maximum absolute atomic E-state index is 11.0. The van der Waals surface area contributed by atoms with Gasteiger partial charge in [0.15, 0.2) is 0 Å². The summed E-state index contributed by atoms with van der Waals surface area (Å²) in [6.07, 6.45) is 0.857. The topological polar surface area (TPSA) is 38.8 Å². The van der Waals surface area contributed by atoms with Crippen molar-refractivity contribution < 1.29 is 14.6 Å². The van der Waals surface area contributed by atoms with E-state index in [0.717, 1.165) is 13.0 Å². The van der Waals surface area contributed by atoms with E-state index in [2.05, 4.69) is 60.4 Å². The van der Waals surface area contributed by atoms with E-state index in [-0.39, 0.29) is 18.2 Å². The Morgan fingerprint density at radius 3 is 2.08 bits per heavy atom. The van der Waals surface area contributed by atoms with E-state index in [0.29, 0.717) is 0 Å². The van der Waals surface area contributed by atoms with E-state index in [4.69, 9.17) is 9.78 Å². The minimum Gasteiger partial charge on any atom is -0.298 e. The van der Waals surface area contributed by atoms with Crippen molar-refractivity contribution in [2.24, 2.45) is 0 Å². The van der Waals surface area contributed by atoms with Gasteiger partial charge in [-0.2, -0.15) is 4.89 Å². The van der Waals surface area contributed by atoms with E-state index in [1.807, 2.05) is 12.1 Å². The molecule has 0 aromatic heterocycles. The summed E-state index contributed by atoms with van der Waals surface area (Å²) in [5, 5.41) is 0. The largest absolute Gasteiger partial charge is 0.339 e. The molecule has 2 aromatic rings. The molecule has 126 valence electrons. The van der Waals surface area contributed by atoms with Crippen molar-refractivity contribution in [2.75, 3.05) is 6.54 Å². The Hall–Kier alpha value is -2.17. The van der Waals surface area contributed by atoms with Crippen molar-refractivity contribution in [1.29, 1.82) is 0 Å². The second kappa shape index (κ2) is 7.60. The van der Waals surface area contributed by atoms with Gasteiger partial charge in [-0.15, -0.1) is 0 Å². The third-order valence-corrected chi connectivity index (χ3v) is 4.52. The highest BCUT2D eigenvalue weighted by molar-refractivity contribution is 5.65. The Morgan fingerprint density at radius 1 is 1.08 bits per heavy atom. The summed E-state index contributed by atoms with van der Waals surface area (Å²) in [5.41, 5.74) is 2.51. The zero-order valence-corrected chi connectivity index (χ0v) is 14.1. The lowest BCUT2D eigenvalue weighted by atomic mass is 9.88. The molecule has 0 saturated carbocycles. The fourth-order valence-corrected chi connectivity index (χ4v) is 3.40. The molecule has 2 atom stereocenters. The van der Waals surface area contributed by atoms with Gasteiger partial charge >= 0.3 is 5.97 Å². The monoisotopic (exact) mass is 325 g/mol. The summed E-state index contributed by atoms with van der Waals surface area (Å²) >= 11 is 0. The van der Waals surface area contributed by atoms with Gasteiger partial charge in [-0.3, -0.25) is 9.79 Å². The fraction of sp³-hybridized carbons (Fsp3) is 0.350. The van der Waals surface area contributed by atoms with E-state index >= 15 is 0 Å². The van der Waals surface area contributed by atoms with Crippen LogP contribution in [-0.2, 0) is 14.6 Å². The van der Waals surface area contributed by atoms with Gasteiger partial charge in [-0.25, -0.2) is 4.79 Å². The number of nitrogens with zero attached hydrogens (tertiary/aromatic N) is 1. The summed E-state index contributed by atoms with van der Waals surface area (Å²) in [6.45, 7) is 4.22. The zero-order chi connectivity index (χ0) is 16.9. The predicted molar refractivity (Wildman–Crippen MR) is 92.2 cm³/mol. The van der Waals surface area contributed by atoms with Gasteiger partial charge in [0.25, 0.3) is 0 Å². The fourth-order valence-electron chi connectivity index (χ4n) is 3.40. The molecule has 24 heavy (non-hydrogen) atoms. The molecule has 2 aromatic carbocycles. The molecule has 1 fully saturated rings. The molecule has 4 heteroatoms. The molecule has 0 spiro atoms. The molecule has 0 bridgehead atoms. The Bertz CT molecular complexity index is 620. The van der Waals surface area contributed by atoms with Crippen molar-refractivity contribution in [2.45, 2.75) is 38.5 Å². The summed E-state index contributed by atoms with van der Waals surface area (Å²) in [5.74, 6) is -0.411. The molecule has 0 radical (unpaired) electrons. The van der Waals surface area contributed by atoms with Gasteiger partial charge in [0.2, 0.25) is 0 Å². The third kappa shape index (κ3) is 3.50. The van der Waals surface area contributed by atoms with Gasteiger partial charge in [0.1, 0.15) is 6.10 Å².